The van der Waals surface area contributed by atoms with E-state index in [2.05, 4.69) is 15.5 Å². The first-order valence-electron chi connectivity index (χ1n) is 8.71. The topological polar surface area (TPSA) is 68.0 Å². The van der Waals surface area contributed by atoms with E-state index < -0.39 is 6.04 Å². The SMILES string of the molecule is O=C(N[C@H](c1ccccc1)c1nnc(-c2ccccc2Cl)o1)c1ccccc1. The Balaban J connectivity index is 1.69. The average Bonchev–Trinajstić information content (AvgIpc) is 3.23. The first-order chi connectivity index (χ1) is 13.7. The van der Waals surface area contributed by atoms with Gasteiger partial charge in [0.2, 0.25) is 11.8 Å². The van der Waals surface area contributed by atoms with E-state index >= 15 is 0 Å². The monoisotopic (exact) mass is 389 g/mol. The van der Waals surface area contributed by atoms with Crippen molar-refractivity contribution in [1.29, 1.82) is 0 Å². The van der Waals surface area contributed by atoms with Gasteiger partial charge < -0.3 is 9.73 Å². The van der Waals surface area contributed by atoms with E-state index in [9.17, 15) is 4.79 Å². The van der Waals surface area contributed by atoms with Crippen LogP contribution < -0.4 is 5.32 Å². The highest BCUT2D eigenvalue weighted by molar-refractivity contribution is 6.33. The molecule has 4 aromatic rings. The molecule has 0 spiro atoms. The van der Waals surface area contributed by atoms with Gasteiger partial charge in [0.1, 0.15) is 6.04 Å². The lowest BCUT2D eigenvalue weighted by Crippen LogP contribution is -2.29. The largest absolute Gasteiger partial charge is 0.418 e. The van der Waals surface area contributed by atoms with Gasteiger partial charge in [0, 0.05) is 5.56 Å². The normalized spacial score (nSPS) is 11.8. The Morgan fingerprint density at radius 1 is 0.857 bits per heavy atom. The third-order valence-electron chi connectivity index (χ3n) is 4.24. The van der Waals surface area contributed by atoms with Crippen molar-refractivity contribution in [3.8, 4) is 11.5 Å². The second-order valence-corrected chi connectivity index (χ2v) is 6.52. The van der Waals surface area contributed by atoms with Crippen LogP contribution in [-0.4, -0.2) is 16.1 Å². The molecule has 1 heterocycles. The Labute approximate surface area is 167 Å². The minimum atomic E-state index is -0.586. The molecule has 6 heteroatoms. The molecule has 0 unspecified atom stereocenters. The molecule has 0 fully saturated rings. The van der Waals surface area contributed by atoms with E-state index in [4.69, 9.17) is 16.0 Å². The molecule has 0 radical (unpaired) electrons. The molecule has 4 rings (SSSR count). The highest BCUT2D eigenvalue weighted by atomic mass is 35.5. The van der Waals surface area contributed by atoms with Gasteiger partial charge in [-0.15, -0.1) is 10.2 Å². The second kappa shape index (κ2) is 8.06. The quantitative estimate of drug-likeness (QED) is 0.526. The van der Waals surface area contributed by atoms with Crippen LogP contribution in [0.4, 0.5) is 0 Å². The highest BCUT2D eigenvalue weighted by Gasteiger charge is 2.24. The van der Waals surface area contributed by atoms with E-state index in [0.717, 1.165) is 5.56 Å². The number of halogens is 1. The molecule has 1 atom stereocenters. The van der Waals surface area contributed by atoms with E-state index in [1.807, 2.05) is 60.7 Å². The van der Waals surface area contributed by atoms with E-state index in [1.54, 1.807) is 24.3 Å². The maximum Gasteiger partial charge on any atom is 0.252 e. The summed E-state index contributed by atoms with van der Waals surface area (Å²) < 4.78 is 5.88. The third-order valence-corrected chi connectivity index (χ3v) is 4.57. The molecule has 138 valence electrons. The maximum atomic E-state index is 12.7. The molecule has 0 aliphatic carbocycles. The number of nitrogens with one attached hydrogen (secondary N) is 1. The van der Waals surface area contributed by atoms with Gasteiger partial charge in [-0.1, -0.05) is 72.3 Å². The van der Waals surface area contributed by atoms with Crippen molar-refractivity contribution in [2.75, 3.05) is 0 Å². The zero-order valence-corrected chi connectivity index (χ0v) is 15.5. The maximum absolute atomic E-state index is 12.7. The number of carbonyl (C=O) groups is 1. The van der Waals surface area contributed by atoms with Crippen LogP contribution >= 0.6 is 11.6 Å². The second-order valence-electron chi connectivity index (χ2n) is 6.11. The first kappa shape index (κ1) is 17.9. The van der Waals surface area contributed by atoms with Crippen molar-refractivity contribution in [1.82, 2.24) is 15.5 Å². The Morgan fingerprint density at radius 3 is 2.21 bits per heavy atom. The number of nitrogens with zero attached hydrogens (tertiary/aromatic N) is 2. The van der Waals surface area contributed by atoms with Crippen molar-refractivity contribution < 1.29 is 9.21 Å². The number of amides is 1. The Bertz CT molecular complexity index is 1080. The first-order valence-corrected chi connectivity index (χ1v) is 9.09. The standard InChI is InChI=1S/C22H16ClN3O2/c23-18-14-8-7-13-17(18)21-25-26-22(28-21)19(15-9-3-1-4-10-15)24-20(27)16-11-5-2-6-12-16/h1-14,19H,(H,24,27)/t19-/m1/s1. The van der Waals surface area contributed by atoms with Crippen LogP contribution in [0.15, 0.2) is 89.3 Å². The minimum absolute atomic E-state index is 0.230. The summed E-state index contributed by atoms with van der Waals surface area (Å²) >= 11 is 6.23. The summed E-state index contributed by atoms with van der Waals surface area (Å²) in [4.78, 5) is 12.7. The summed E-state index contributed by atoms with van der Waals surface area (Å²) in [6, 6.07) is 25.1. The highest BCUT2D eigenvalue weighted by Crippen LogP contribution is 2.29. The predicted octanol–water partition coefficient (Wildman–Crippen LogP) is 4.91. The van der Waals surface area contributed by atoms with E-state index in [0.29, 0.717) is 22.0 Å². The van der Waals surface area contributed by atoms with Crippen molar-refractivity contribution in [2.24, 2.45) is 0 Å². The fourth-order valence-corrected chi connectivity index (χ4v) is 3.05. The molecule has 0 bridgehead atoms. The van der Waals surface area contributed by atoms with Crippen LogP contribution in [-0.2, 0) is 0 Å². The lowest BCUT2D eigenvalue weighted by Gasteiger charge is -2.15. The number of benzene rings is 3. The third kappa shape index (κ3) is 3.80. The summed E-state index contributed by atoms with van der Waals surface area (Å²) in [5, 5.41) is 11.8. The van der Waals surface area contributed by atoms with E-state index in [-0.39, 0.29) is 11.8 Å². The zero-order chi connectivity index (χ0) is 19.3. The summed E-state index contributed by atoms with van der Waals surface area (Å²) in [5.41, 5.74) is 2.03. The number of hydrogen-bond acceptors (Lipinski definition) is 4. The molecule has 28 heavy (non-hydrogen) atoms. The molecule has 0 saturated carbocycles. The van der Waals surface area contributed by atoms with Gasteiger partial charge in [0.15, 0.2) is 0 Å². The molecule has 1 aromatic heterocycles. The van der Waals surface area contributed by atoms with Crippen molar-refractivity contribution in [3.05, 3.63) is 107 Å². The molecule has 1 N–H and O–H groups in total. The van der Waals surface area contributed by atoms with Gasteiger partial charge >= 0.3 is 0 Å². The summed E-state index contributed by atoms with van der Waals surface area (Å²) in [6.07, 6.45) is 0. The van der Waals surface area contributed by atoms with Crippen LogP contribution in [0.25, 0.3) is 11.5 Å². The lowest BCUT2D eigenvalue weighted by molar-refractivity contribution is 0.0938. The number of rotatable bonds is 5. The molecule has 3 aromatic carbocycles. The van der Waals surface area contributed by atoms with Crippen LogP contribution in [0.5, 0.6) is 0 Å². The van der Waals surface area contributed by atoms with Gasteiger partial charge in [-0.2, -0.15) is 0 Å². The van der Waals surface area contributed by atoms with Gasteiger partial charge in [-0.05, 0) is 29.8 Å². The van der Waals surface area contributed by atoms with Gasteiger partial charge in [-0.25, -0.2) is 0 Å². The molecule has 1 amide bonds. The Kier molecular flexibility index (Phi) is 5.17. The summed E-state index contributed by atoms with van der Waals surface area (Å²) in [5.74, 6) is 0.354. The minimum Gasteiger partial charge on any atom is -0.418 e. The number of aromatic nitrogens is 2. The van der Waals surface area contributed by atoms with Gasteiger partial charge in [0.05, 0.1) is 10.6 Å². The van der Waals surface area contributed by atoms with E-state index in [1.165, 1.54) is 0 Å². The number of carbonyl (C=O) groups excluding carboxylic acids is 1. The predicted molar refractivity (Wildman–Crippen MR) is 107 cm³/mol. The Morgan fingerprint density at radius 2 is 1.50 bits per heavy atom. The molecule has 0 saturated heterocycles. The molecular formula is C22H16ClN3O2. The smallest absolute Gasteiger partial charge is 0.252 e. The van der Waals surface area contributed by atoms with Gasteiger partial charge in [-0.3, -0.25) is 4.79 Å². The average molecular weight is 390 g/mol. The lowest BCUT2D eigenvalue weighted by atomic mass is 10.1. The molecule has 0 aliphatic heterocycles. The molecule has 0 aliphatic rings. The fraction of sp³-hybridized carbons (Fsp3) is 0.0455. The van der Waals surface area contributed by atoms with Crippen molar-refractivity contribution >= 4 is 17.5 Å². The van der Waals surface area contributed by atoms with Crippen LogP contribution in [0.2, 0.25) is 5.02 Å². The van der Waals surface area contributed by atoms with Crippen LogP contribution in [0, 0.1) is 0 Å². The number of hydrogen-bond donors (Lipinski definition) is 1. The fourth-order valence-electron chi connectivity index (χ4n) is 2.83. The Hall–Kier alpha value is -3.44. The molecule has 5 nitrogen and oxygen atoms in total. The van der Waals surface area contributed by atoms with Gasteiger partial charge in [0.25, 0.3) is 5.91 Å². The summed E-state index contributed by atoms with van der Waals surface area (Å²) in [7, 11) is 0. The zero-order valence-electron chi connectivity index (χ0n) is 14.7. The van der Waals surface area contributed by atoms with Crippen LogP contribution in [0.1, 0.15) is 27.9 Å². The molecular weight excluding hydrogens is 374 g/mol. The van der Waals surface area contributed by atoms with Crippen molar-refractivity contribution in [3.63, 3.8) is 0 Å². The summed E-state index contributed by atoms with van der Waals surface area (Å²) in [6.45, 7) is 0. The van der Waals surface area contributed by atoms with Crippen molar-refractivity contribution in [2.45, 2.75) is 6.04 Å². The van der Waals surface area contributed by atoms with Crippen LogP contribution in [0.3, 0.4) is 0 Å².